The molecule has 1 heterocycles. The SMILES string of the molecule is CC1(C)c2cc3cc(-c4ccc(-c5c6ccccc6c(-c6ccc7oc8ccccc8c7c6)c6ccccc56)cc4)ccc3cc2-c2c1c1ccccc1c1ccccc21. The number of para-hydroxylation sites is 1. The van der Waals surface area contributed by atoms with Crippen molar-refractivity contribution >= 4 is 75.8 Å². The first kappa shape index (κ1) is 33.5. The Morgan fingerprint density at radius 3 is 1.47 bits per heavy atom. The summed E-state index contributed by atoms with van der Waals surface area (Å²) in [5.74, 6) is 0. The van der Waals surface area contributed by atoms with Gasteiger partial charge in [0.1, 0.15) is 11.2 Å². The number of hydrogen-bond donors (Lipinski definition) is 0. The summed E-state index contributed by atoms with van der Waals surface area (Å²) in [5.41, 5.74) is 14.7. The third kappa shape index (κ3) is 4.63. The number of furan rings is 1. The van der Waals surface area contributed by atoms with Crippen molar-refractivity contribution in [3.05, 3.63) is 205 Å². The minimum absolute atomic E-state index is 0.137. The van der Waals surface area contributed by atoms with Crippen molar-refractivity contribution in [2.75, 3.05) is 0 Å². The minimum atomic E-state index is -0.137. The Hall–Kier alpha value is -7.48. The molecule has 13 rings (SSSR count). The second-order valence-corrected chi connectivity index (χ2v) is 17.2. The highest BCUT2D eigenvalue weighted by Crippen LogP contribution is 2.55. The molecule has 0 unspecified atom stereocenters. The molecule has 0 atom stereocenters. The quantitative estimate of drug-likeness (QED) is 0.129. The Kier molecular flexibility index (Phi) is 6.85. The second-order valence-electron chi connectivity index (χ2n) is 17.2. The monoisotopic (exact) mass is 762 g/mol. The molecule has 0 saturated heterocycles. The van der Waals surface area contributed by atoms with E-state index in [2.05, 4.69) is 196 Å². The average Bonchev–Trinajstić information content (AvgIpc) is 3.78. The summed E-state index contributed by atoms with van der Waals surface area (Å²) in [6.45, 7) is 4.82. The van der Waals surface area contributed by atoms with Gasteiger partial charge >= 0.3 is 0 Å². The lowest BCUT2D eigenvalue weighted by Crippen LogP contribution is -2.15. The van der Waals surface area contributed by atoms with Gasteiger partial charge in [0.25, 0.3) is 0 Å². The fourth-order valence-electron chi connectivity index (χ4n) is 10.9. The van der Waals surface area contributed by atoms with Gasteiger partial charge < -0.3 is 4.42 Å². The highest BCUT2D eigenvalue weighted by molar-refractivity contribution is 6.23. The Bertz CT molecular complexity index is 3730. The van der Waals surface area contributed by atoms with Gasteiger partial charge in [0, 0.05) is 16.2 Å². The van der Waals surface area contributed by atoms with E-state index >= 15 is 0 Å². The second kappa shape index (κ2) is 12.3. The topological polar surface area (TPSA) is 13.1 Å². The number of hydrogen-bond acceptors (Lipinski definition) is 1. The lowest BCUT2D eigenvalue weighted by Gasteiger charge is -2.24. The van der Waals surface area contributed by atoms with Crippen molar-refractivity contribution in [2.45, 2.75) is 19.3 Å². The van der Waals surface area contributed by atoms with Gasteiger partial charge in [-0.15, -0.1) is 0 Å². The van der Waals surface area contributed by atoms with E-state index in [9.17, 15) is 0 Å². The van der Waals surface area contributed by atoms with Crippen molar-refractivity contribution in [1.29, 1.82) is 0 Å². The Morgan fingerprint density at radius 1 is 0.317 bits per heavy atom. The van der Waals surface area contributed by atoms with Crippen LogP contribution in [0.2, 0.25) is 0 Å². The highest BCUT2D eigenvalue weighted by atomic mass is 16.3. The third-order valence-electron chi connectivity index (χ3n) is 13.6. The van der Waals surface area contributed by atoms with Crippen LogP contribution in [0.1, 0.15) is 25.0 Å². The summed E-state index contributed by atoms with van der Waals surface area (Å²) in [6.07, 6.45) is 0. The molecule has 1 heteroatoms. The molecule has 0 bridgehead atoms. The molecule has 280 valence electrons. The number of rotatable bonds is 3. The van der Waals surface area contributed by atoms with Crippen molar-refractivity contribution < 1.29 is 4.42 Å². The Labute approximate surface area is 347 Å². The van der Waals surface area contributed by atoms with Crippen molar-refractivity contribution in [1.82, 2.24) is 0 Å². The smallest absolute Gasteiger partial charge is 0.135 e. The zero-order valence-corrected chi connectivity index (χ0v) is 33.4. The van der Waals surface area contributed by atoms with E-state index in [0.29, 0.717) is 0 Å². The fourth-order valence-corrected chi connectivity index (χ4v) is 10.9. The molecule has 0 N–H and O–H groups in total. The van der Waals surface area contributed by atoms with E-state index in [1.54, 1.807) is 0 Å². The van der Waals surface area contributed by atoms with Crippen LogP contribution in [0, 0.1) is 0 Å². The maximum absolute atomic E-state index is 6.22. The van der Waals surface area contributed by atoms with E-state index in [4.69, 9.17) is 4.42 Å². The summed E-state index contributed by atoms with van der Waals surface area (Å²) < 4.78 is 6.22. The number of fused-ring (bicyclic) bond motifs is 14. The van der Waals surface area contributed by atoms with Gasteiger partial charge in [-0.05, 0) is 146 Å². The molecular weight excluding hydrogens is 725 g/mol. The van der Waals surface area contributed by atoms with Crippen LogP contribution in [0.15, 0.2) is 199 Å². The first-order valence-corrected chi connectivity index (χ1v) is 21.0. The zero-order chi connectivity index (χ0) is 39.7. The van der Waals surface area contributed by atoms with E-state index in [1.807, 2.05) is 12.1 Å². The highest BCUT2D eigenvalue weighted by Gasteiger charge is 2.38. The molecule has 11 aromatic carbocycles. The van der Waals surface area contributed by atoms with Crippen LogP contribution in [0.4, 0.5) is 0 Å². The lowest BCUT2D eigenvalue weighted by atomic mass is 9.79. The summed E-state index contributed by atoms with van der Waals surface area (Å²) in [4.78, 5) is 0. The molecule has 12 aromatic rings. The molecule has 60 heavy (non-hydrogen) atoms. The standard InChI is InChI=1S/C59H38O/c1-59(2)52-34-40-31-37(27-28-38(40)32-51(52)57-44-16-5-3-13-41(44)42-14-4-10-21-49(42)58(57)59)35-23-25-36(26-24-35)55-45-17-6-8-19-47(45)56(48-20-9-7-18-46(48)55)39-29-30-54-50(33-39)43-15-11-12-22-53(43)60-54/h3-34H,1-2H3. The lowest BCUT2D eigenvalue weighted by molar-refractivity contribution is 0.667. The molecule has 0 saturated carbocycles. The zero-order valence-electron chi connectivity index (χ0n) is 33.4. The molecule has 1 aliphatic rings. The van der Waals surface area contributed by atoms with Crippen molar-refractivity contribution in [2.24, 2.45) is 0 Å². The molecule has 0 radical (unpaired) electrons. The predicted molar refractivity (Wildman–Crippen MR) is 255 cm³/mol. The van der Waals surface area contributed by atoms with Gasteiger partial charge in [-0.2, -0.15) is 0 Å². The molecule has 0 aliphatic heterocycles. The molecule has 0 spiro atoms. The first-order valence-electron chi connectivity index (χ1n) is 21.0. The maximum Gasteiger partial charge on any atom is 0.135 e. The Morgan fingerprint density at radius 2 is 0.800 bits per heavy atom. The van der Waals surface area contributed by atoms with Crippen LogP contribution in [-0.2, 0) is 5.41 Å². The first-order chi connectivity index (χ1) is 29.5. The molecule has 0 fully saturated rings. The predicted octanol–water partition coefficient (Wildman–Crippen LogP) is 16.7. The molecule has 0 amide bonds. The van der Waals surface area contributed by atoms with Crippen molar-refractivity contribution in [3.8, 4) is 44.5 Å². The van der Waals surface area contributed by atoms with Crippen LogP contribution in [0.5, 0.6) is 0 Å². The maximum atomic E-state index is 6.22. The molecule has 1 aliphatic carbocycles. The van der Waals surface area contributed by atoms with Crippen LogP contribution in [0.25, 0.3) is 120 Å². The summed E-state index contributed by atoms with van der Waals surface area (Å²) >= 11 is 0. The molecular formula is C59H38O. The van der Waals surface area contributed by atoms with Crippen LogP contribution in [0.3, 0.4) is 0 Å². The van der Waals surface area contributed by atoms with Gasteiger partial charge in [-0.3, -0.25) is 0 Å². The molecule has 1 aromatic heterocycles. The van der Waals surface area contributed by atoms with E-state index in [-0.39, 0.29) is 5.41 Å². The van der Waals surface area contributed by atoms with Gasteiger partial charge in [-0.1, -0.05) is 172 Å². The summed E-state index contributed by atoms with van der Waals surface area (Å²) in [5, 5.41) is 15.2. The summed E-state index contributed by atoms with van der Waals surface area (Å²) in [6, 6.07) is 71.9. The van der Waals surface area contributed by atoms with Crippen LogP contribution < -0.4 is 0 Å². The average molecular weight is 763 g/mol. The van der Waals surface area contributed by atoms with Crippen molar-refractivity contribution in [3.63, 3.8) is 0 Å². The summed E-state index contributed by atoms with van der Waals surface area (Å²) in [7, 11) is 0. The largest absolute Gasteiger partial charge is 0.456 e. The van der Waals surface area contributed by atoms with Gasteiger partial charge in [0.15, 0.2) is 0 Å². The molecule has 1 nitrogen and oxygen atoms in total. The number of benzene rings is 11. The fraction of sp³-hybridized carbons (Fsp3) is 0.0508. The van der Waals surface area contributed by atoms with Gasteiger partial charge in [-0.25, -0.2) is 0 Å². The third-order valence-corrected chi connectivity index (χ3v) is 13.6. The minimum Gasteiger partial charge on any atom is -0.456 e. The Balaban J connectivity index is 0.929. The van der Waals surface area contributed by atoms with Crippen LogP contribution >= 0.6 is 0 Å². The van der Waals surface area contributed by atoms with E-state index in [0.717, 1.165) is 21.9 Å². The van der Waals surface area contributed by atoms with E-state index < -0.39 is 0 Å². The van der Waals surface area contributed by atoms with E-state index in [1.165, 1.54) is 109 Å². The normalized spacial score (nSPS) is 13.3. The van der Waals surface area contributed by atoms with Crippen LogP contribution in [-0.4, -0.2) is 0 Å². The van der Waals surface area contributed by atoms with Gasteiger partial charge in [0.2, 0.25) is 0 Å². The van der Waals surface area contributed by atoms with Gasteiger partial charge in [0.05, 0.1) is 0 Å².